The number of aromatic nitrogens is 1. The van der Waals surface area contributed by atoms with Crippen molar-refractivity contribution >= 4 is 38.9 Å². The Hall–Kier alpha value is -1.81. The number of anilines is 1. The van der Waals surface area contributed by atoms with Crippen molar-refractivity contribution in [3.05, 3.63) is 52.3 Å². The van der Waals surface area contributed by atoms with E-state index in [4.69, 9.17) is 28.5 Å². The van der Waals surface area contributed by atoms with Crippen LogP contribution in [0, 0.1) is 11.3 Å². The molecule has 8 heteroatoms. The van der Waals surface area contributed by atoms with Gasteiger partial charge in [0, 0.05) is 11.2 Å². The predicted octanol–water partition coefficient (Wildman–Crippen LogP) is 3.06. The zero-order chi connectivity index (χ0) is 14.8. The molecule has 0 fully saturated rings. The lowest BCUT2D eigenvalue weighted by Crippen LogP contribution is -2.15. The third kappa shape index (κ3) is 3.02. The first-order valence-corrected chi connectivity index (χ1v) is 7.51. The first-order chi connectivity index (χ1) is 9.44. The van der Waals surface area contributed by atoms with Gasteiger partial charge in [0.1, 0.15) is 11.0 Å². The molecule has 0 atom stereocenters. The van der Waals surface area contributed by atoms with Crippen molar-refractivity contribution in [1.29, 1.82) is 5.26 Å². The molecular formula is C12H7Cl2N3O2S. The van der Waals surface area contributed by atoms with Gasteiger partial charge < -0.3 is 0 Å². The van der Waals surface area contributed by atoms with Crippen LogP contribution < -0.4 is 4.72 Å². The van der Waals surface area contributed by atoms with E-state index in [1.54, 1.807) is 6.07 Å². The summed E-state index contributed by atoms with van der Waals surface area (Å²) in [6.07, 6.45) is 1.34. The van der Waals surface area contributed by atoms with Crippen LogP contribution in [0.25, 0.3) is 0 Å². The molecule has 0 aliphatic carbocycles. The van der Waals surface area contributed by atoms with Crippen LogP contribution in [0.15, 0.2) is 41.4 Å². The largest absolute Gasteiger partial charge is 0.278 e. The monoisotopic (exact) mass is 327 g/mol. The van der Waals surface area contributed by atoms with Crippen molar-refractivity contribution in [2.75, 3.05) is 4.72 Å². The molecule has 0 radical (unpaired) electrons. The van der Waals surface area contributed by atoms with Crippen LogP contribution in [0.3, 0.4) is 0 Å². The molecule has 102 valence electrons. The van der Waals surface area contributed by atoms with E-state index in [9.17, 15) is 8.42 Å². The Bertz CT molecular complexity index is 801. The van der Waals surface area contributed by atoms with Gasteiger partial charge in [-0.3, -0.25) is 4.72 Å². The fourth-order valence-electron chi connectivity index (χ4n) is 1.46. The average Bonchev–Trinajstić information content (AvgIpc) is 2.42. The topological polar surface area (TPSA) is 82.8 Å². The van der Waals surface area contributed by atoms with Crippen molar-refractivity contribution in [1.82, 2.24) is 4.98 Å². The van der Waals surface area contributed by atoms with Crippen molar-refractivity contribution in [2.45, 2.75) is 4.90 Å². The number of hydrogen-bond donors (Lipinski definition) is 1. The van der Waals surface area contributed by atoms with Gasteiger partial charge in [0.15, 0.2) is 5.69 Å². The van der Waals surface area contributed by atoms with Gasteiger partial charge in [0.2, 0.25) is 0 Å². The normalized spacial score (nSPS) is 10.8. The molecule has 5 nitrogen and oxygen atoms in total. The highest BCUT2D eigenvalue weighted by atomic mass is 35.5. The van der Waals surface area contributed by atoms with Gasteiger partial charge in [-0.15, -0.1) is 0 Å². The molecule has 0 unspecified atom stereocenters. The van der Waals surface area contributed by atoms with Gasteiger partial charge in [0.05, 0.1) is 10.7 Å². The van der Waals surface area contributed by atoms with E-state index >= 15 is 0 Å². The maximum atomic E-state index is 12.2. The third-order valence-electron chi connectivity index (χ3n) is 2.34. The molecule has 2 aromatic rings. The van der Waals surface area contributed by atoms with E-state index in [0.717, 1.165) is 0 Å². The van der Waals surface area contributed by atoms with Gasteiger partial charge in [-0.05, 0) is 30.3 Å². The molecule has 1 heterocycles. The van der Waals surface area contributed by atoms with E-state index in [-0.39, 0.29) is 21.3 Å². The third-order valence-corrected chi connectivity index (χ3v) is 4.29. The molecule has 2 rings (SSSR count). The van der Waals surface area contributed by atoms with Crippen LogP contribution in [0.2, 0.25) is 10.0 Å². The lowest BCUT2D eigenvalue weighted by atomic mass is 10.3. The van der Waals surface area contributed by atoms with Crippen LogP contribution in [-0.2, 0) is 10.0 Å². The summed E-state index contributed by atoms with van der Waals surface area (Å²) in [6.45, 7) is 0. The Morgan fingerprint density at radius 2 is 2.00 bits per heavy atom. The van der Waals surface area contributed by atoms with Crippen molar-refractivity contribution in [3.8, 4) is 6.07 Å². The molecule has 0 bridgehead atoms. The van der Waals surface area contributed by atoms with Crippen molar-refractivity contribution in [3.63, 3.8) is 0 Å². The van der Waals surface area contributed by atoms with Gasteiger partial charge >= 0.3 is 0 Å². The van der Waals surface area contributed by atoms with E-state index < -0.39 is 10.0 Å². The molecule has 0 amide bonds. The Labute approximate surface area is 125 Å². The Morgan fingerprint density at radius 3 is 2.65 bits per heavy atom. The lowest BCUT2D eigenvalue weighted by Gasteiger charge is -2.10. The summed E-state index contributed by atoms with van der Waals surface area (Å²) in [5.41, 5.74) is -0.0195. The highest BCUT2D eigenvalue weighted by Gasteiger charge is 2.20. The highest BCUT2D eigenvalue weighted by molar-refractivity contribution is 7.92. The zero-order valence-electron chi connectivity index (χ0n) is 9.84. The standard InChI is InChI=1S/C12H7Cl2N3O2S/c13-8-3-4-10(9(14)6-8)17-20(18,19)12-2-1-5-16-11(12)7-15/h1-6,17H. The quantitative estimate of drug-likeness (QED) is 0.939. The lowest BCUT2D eigenvalue weighted by molar-refractivity contribution is 0.600. The maximum absolute atomic E-state index is 12.2. The summed E-state index contributed by atoms with van der Waals surface area (Å²) < 4.78 is 26.7. The number of halogens is 2. The molecule has 0 spiro atoms. The molecule has 0 aliphatic rings. The van der Waals surface area contributed by atoms with Gasteiger partial charge in [-0.25, -0.2) is 13.4 Å². The van der Waals surface area contributed by atoms with Gasteiger partial charge in [0.25, 0.3) is 10.0 Å². The number of nitriles is 1. The summed E-state index contributed by atoms with van der Waals surface area (Å²) in [7, 11) is -3.95. The van der Waals surface area contributed by atoms with Crippen LogP contribution in [0.1, 0.15) is 5.69 Å². The van der Waals surface area contributed by atoms with Crippen LogP contribution in [-0.4, -0.2) is 13.4 Å². The van der Waals surface area contributed by atoms with Crippen LogP contribution in [0.4, 0.5) is 5.69 Å². The van der Waals surface area contributed by atoms with E-state index in [0.29, 0.717) is 5.02 Å². The zero-order valence-corrected chi connectivity index (χ0v) is 12.2. The maximum Gasteiger partial charge on any atom is 0.264 e. The molecule has 20 heavy (non-hydrogen) atoms. The first kappa shape index (κ1) is 14.6. The summed E-state index contributed by atoms with van der Waals surface area (Å²) in [4.78, 5) is 3.49. The molecule has 0 saturated carbocycles. The second kappa shape index (κ2) is 5.67. The molecule has 1 aromatic heterocycles. The number of sulfonamides is 1. The second-order valence-corrected chi connectivity index (χ2v) is 6.19. The fourth-order valence-corrected chi connectivity index (χ4v) is 3.16. The van der Waals surface area contributed by atoms with Crippen LogP contribution >= 0.6 is 23.2 Å². The average molecular weight is 328 g/mol. The minimum Gasteiger partial charge on any atom is -0.278 e. The van der Waals surface area contributed by atoms with E-state index in [1.807, 2.05) is 0 Å². The summed E-state index contributed by atoms with van der Waals surface area (Å²) in [6, 6.07) is 8.79. The van der Waals surface area contributed by atoms with Gasteiger partial charge in [-0.2, -0.15) is 5.26 Å². The number of pyridine rings is 1. The van der Waals surface area contributed by atoms with Crippen molar-refractivity contribution < 1.29 is 8.42 Å². The minimum absolute atomic E-state index is 0.156. The number of hydrogen-bond acceptors (Lipinski definition) is 4. The van der Waals surface area contributed by atoms with Crippen LogP contribution in [0.5, 0.6) is 0 Å². The number of benzene rings is 1. The van der Waals surface area contributed by atoms with Crippen molar-refractivity contribution in [2.24, 2.45) is 0 Å². The molecular weight excluding hydrogens is 321 g/mol. The van der Waals surface area contributed by atoms with E-state index in [1.165, 1.54) is 36.5 Å². The molecule has 1 N–H and O–H groups in total. The molecule has 0 aliphatic heterocycles. The Morgan fingerprint density at radius 1 is 1.25 bits per heavy atom. The number of rotatable bonds is 3. The fraction of sp³-hybridized carbons (Fsp3) is 0. The smallest absolute Gasteiger partial charge is 0.264 e. The minimum atomic E-state index is -3.95. The summed E-state index contributed by atoms with van der Waals surface area (Å²) in [5, 5.41) is 9.43. The molecule has 1 aromatic carbocycles. The Balaban J connectivity index is 2.44. The van der Waals surface area contributed by atoms with Gasteiger partial charge in [-0.1, -0.05) is 23.2 Å². The Kier molecular flexibility index (Phi) is 4.14. The SMILES string of the molecule is N#Cc1ncccc1S(=O)(=O)Nc1ccc(Cl)cc1Cl. The number of nitrogens with zero attached hydrogens (tertiary/aromatic N) is 2. The second-order valence-electron chi connectivity index (χ2n) is 3.69. The summed E-state index contributed by atoms with van der Waals surface area (Å²) in [5.74, 6) is 0. The molecule has 0 saturated heterocycles. The van der Waals surface area contributed by atoms with E-state index in [2.05, 4.69) is 9.71 Å². The number of nitrogens with one attached hydrogen (secondary N) is 1. The first-order valence-electron chi connectivity index (χ1n) is 5.27. The summed E-state index contributed by atoms with van der Waals surface area (Å²) >= 11 is 11.6. The highest BCUT2D eigenvalue weighted by Crippen LogP contribution is 2.27. The predicted molar refractivity (Wildman–Crippen MR) is 76.2 cm³/mol.